The summed E-state index contributed by atoms with van der Waals surface area (Å²) >= 11 is 0. The molecule has 2 aromatic heterocycles. The zero-order valence-electron chi connectivity index (χ0n) is 15.7. The number of nitrogens with zero attached hydrogens (tertiary/aromatic N) is 3. The predicted octanol–water partition coefficient (Wildman–Crippen LogP) is 1.96. The molecular formula is C20H25N5O2. The van der Waals surface area contributed by atoms with E-state index in [9.17, 15) is 9.59 Å². The van der Waals surface area contributed by atoms with Crippen LogP contribution in [0.2, 0.25) is 0 Å². The van der Waals surface area contributed by atoms with Gasteiger partial charge in [0.15, 0.2) is 0 Å². The minimum atomic E-state index is -0.583. The second-order valence-corrected chi connectivity index (χ2v) is 6.73. The van der Waals surface area contributed by atoms with E-state index in [0.29, 0.717) is 13.0 Å². The number of amides is 2. The van der Waals surface area contributed by atoms with E-state index in [4.69, 9.17) is 0 Å². The highest BCUT2D eigenvalue weighted by molar-refractivity contribution is 5.89. The number of carbonyl (C=O) groups excluding carboxylic acids is 2. The molecule has 27 heavy (non-hydrogen) atoms. The van der Waals surface area contributed by atoms with E-state index in [-0.39, 0.29) is 11.8 Å². The number of nitrogens with one attached hydrogen (secondary N) is 2. The molecule has 3 rings (SSSR count). The quantitative estimate of drug-likeness (QED) is 0.638. The average molecular weight is 367 g/mol. The van der Waals surface area contributed by atoms with Gasteiger partial charge in [0.25, 0.3) is 0 Å². The first kappa shape index (κ1) is 18.7. The number of rotatable bonds is 8. The fraction of sp³-hybridized carbons (Fsp3) is 0.350. The smallest absolute Gasteiger partial charge is 0.245 e. The Balaban J connectivity index is 1.65. The molecule has 3 aromatic rings. The number of para-hydroxylation sites is 1. The van der Waals surface area contributed by atoms with E-state index < -0.39 is 6.04 Å². The first-order chi connectivity index (χ1) is 13.0. The van der Waals surface area contributed by atoms with Crippen LogP contribution in [0.15, 0.2) is 49.2 Å². The van der Waals surface area contributed by atoms with Gasteiger partial charge in [-0.05, 0) is 18.1 Å². The van der Waals surface area contributed by atoms with Crippen molar-refractivity contribution in [3.8, 4) is 0 Å². The number of imidazole rings is 1. The van der Waals surface area contributed by atoms with Gasteiger partial charge in [0.1, 0.15) is 6.04 Å². The van der Waals surface area contributed by atoms with Crippen LogP contribution in [0.3, 0.4) is 0 Å². The molecule has 0 saturated heterocycles. The second kappa shape index (κ2) is 8.53. The molecule has 0 radical (unpaired) electrons. The fourth-order valence-electron chi connectivity index (χ4n) is 3.25. The maximum absolute atomic E-state index is 12.9. The van der Waals surface area contributed by atoms with Crippen LogP contribution >= 0.6 is 0 Å². The van der Waals surface area contributed by atoms with Crippen molar-refractivity contribution in [3.63, 3.8) is 0 Å². The standard InChI is InChI=1S/C20H25N5O2/c1-15(26)23-19(12-16-13-22-18-7-4-3-6-17(16)18)20(27)24(2)9-5-10-25-11-8-21-14-25/h3-4,6-8,11,13-14,19,22H,5,9-10,12H2,1-2H3,(H,23,26). The Morgan fingerprint density at radius 3 is 2.89 bits per heavy atom. The van der Waals surface area contributed by atoms with E-state index in [1.165, 1.54) is 6.92 Å². The van der Waals surface area contributed by atoms with E-state index in [0.717, 1.165) is 29.4 Å². The van der Waals surface area contributed by atoms with Crippen molar-refractivity contribution < 1.29 is 9.59 Å². The monoisotopic (exact) mass is 367 g/mol. The van der Waals surface area contributed by atoms with Crippen molar-refractivity contribution >= 4 is 22.7 Å². The number of carbonyl (C=O) groups is 2. The van der Waals surface area contributed by atoms with E-state index in [1.807, 2.05) is 41.2 Å². The summed E-state index contributed by atoms with van der Waals surface area (Å²) in [5.41, 5.74) is 2.04. The molecule has 0 bridgehead atoms. The summed E-state index contributed by atoms with van der Waals surface area (Å²) in [6.07, 6.45) is 8.58. The van der Waals surface area contributed by atoms with Gasteiger partial charge in [0, 0.05) is 63.0 Å². The van der Waals surface area contributed by atoms with Crippen LogP contribution in [-0.2, 0) is 22.6 Å². The Labute approximate surface area is 158 Å². The molecule has 1 aromatic carbocycles. The van der Waals surface area contributed by atoms with Crippen LogP contribution in [0.5, 0.6) is 0 Å². The number of H-pyrrole nitrogens is 1. The van der Waals surface area contributed by atoms with Crippen LogP contribution in [0, 0.1) is 0 Å². The van der Waals surface area contributed by atoms with E-state index in [2.05, 4.69) is 15.3 Å². The van der Waals surface area contributed by atoms with Gasteiger partial charge < -0.3 is 19.8 Å². The van der Waals surface area contributed by atoms with Crippen LogP contribution in [0.1, 0.15) is 18.9 Å². The third kappa shape index (κ3) is 4.75. The summed E-state index contributed by atoms with van der Waals surface area (Å²) in [4.78, 5) is 33.5. The maximum atomic E-state index is 12.9. The van der Waals surface area contributed by atoms with Crippen molar-refractivity contribution in [2.45, 2.75) is 32.4 Å². The highest BCUT2D eigenvalue weighted by atomic mass is 16.2. The molecule has 2 amide bonds. The average Bonchev–Trinajstić information content (AvgIpc) is 3.30. The number of hydrogen-bond donors (Lipinski definition) is 2. The molecule has 0 aliphatic heterocycles. The van der Waals surface area contributed by atoms with Crippen molar-refractivity contribution in [1.82, 2.24) is 24.8 Å². The van der Waals surface area contributed by atoms with Crippen molar-refractivity contribution in [1.29, 1.82) is 0 Å². The van der Waals surface area contributed by atoms with Gasteiger partial charge in [-0.1, -0.05) is 18.2 Å². The Morgan fingerprint density at radius 1 is 1.33 bits per heavy atom. The SMILES string of the molecule is CC(=O)NC(Cc1c[nH]c2ccccc12)C(=O)N(C)CCCn1ccnc1. The molecule has 0 spiro atoms. The summed E-state index contributed by atoms with van der Waals surface area (Å²) in [5, 5.41) is 3.88. The lowest BCUT2D eigenvalue weighted by Crippen LogP contribution is -2.48. The number of aromatic amines is 1. The summed E-state index contributed by atoms with van der Waals surface area (Å²) in [5.74, 6) is -0.291. The molecule has 0 aliphatic rings. The molecular weight excluding hydrogens is 342 g/mol. The topological polar surface area (TPSA) is 83.0 Å². The molecule has 0 saturated carbocycles. The molecule has 0 aliphatic carbocycles. The second-order valence-electron chi connectivity index (χ2n) is 6.73. The van der Waals surface area contributed by atoms with Gasteiger partial charge >= 0.3 is 0 Å². The van der Waals surface area contributed by atoms with Gasteiger partial charge in [-0.3, -0.25) is 9.59 Å². The van der Waals surface area contributed by atoms with Gasteiger partial charge in [0.05, 0.1) is 6.33 Å². The highest BCUT2D eigenvalue weighted by Crippen LogP contribution is 2.19. The van der Waals surface area contributed by atoms with Crippen molar-refractivity contribution in [2.24, 2.45) is 0 Å². The third-order valence-corrected chi connectivity index (χ3v) is 4.62. The molecule has 1 atom stereocenters. The Kier molecular flexibility index (Phi) is 5.90. The molecule has 1 unspecified atom stereocenters. The summed E-state index contributed by atoms with van der Waals surface area (Å²) < 4.78 is 1.98. The minimum absolute atomic E-state index is 0.0823. The van der Waals surface area contributed by atoms with Crippen LogP contribution in [-0.4, -0.2) is 50.9 Å². The zero-order valence-corrected chi connectivity index (χ0v) is 15.7. The fourth-order valence-corrected chi connectivity index (χ4v) is 3.25. The lowest BCUT2D eigenvalue weighted by atomic mass is 10.0. The molecule has 7 heteroatoms. The lowest BCUT2D eigenvalue weighted by Gasteiger charge is -2.24. The number of hydrogen-bond acceptors (Lipinski definition) is 3. The predicted molar refractivity (Wildman–Crippen MR) is 104 cm³/mol. The van der Waals surface area contributed by atoms with Crippen LogP contribution in [0.4, 0.5) is 0 Å². The van der Waals surface area contributed by atoms with Gasteiger partial charge in [0.2, 0.25) is 11.8 Å². The largest absolute Gasteiger partial charge is 0.361 e. The summed E-state index contributed by atoms with van der Waals surface area (Å²) in [6.45, 7) is 2.85. The van der Waals surface area contributed by atoms with Gasteiger partial charge in [-0.25, -0.2) is 4.98 Å². The Morgan fingerprint density at radius 2 is 2.15 bits per heavy atom. The first-order valence-corrected chi connectivity index (χ1v) is 9.07. The van der Waals surface area contributed by atoms with E-state index in [1.54, 1.807) is 24.5 Å². The first-order valence-electron chi connectivity index (χ1n) is 9.07. The molecule has 2 N–H and O–H groups in total. The Hall–Kier alpha value is -3.09. The molecule has 7 nitrogen and oxygen atoms in total. The lowest BCUT2D eigenvalue weighted by molar-refractivity contribution is -0.135. The summed E-state index contributed by atoms with van der Waals surface area (Å²) in [7, 11) is 1.78. The van der Waals surface area contributed by atoms with Gasteiger partial charge in [-0.2, -0.15) is 0 Å². The van der Waals surface area contributed by atoms with E-state index >= 15 is 0 Å². The summed E-state index contributed by atoms with van der Waals surface area (Å²) in [6, 6.07) is 7.37. The number of fused-ring (bicyclic) bond motifs is 1. The number of aryl methyl sites for hydroxylation is 1. The van der Waals surface area contributed by atoms with Crippen LogP contribution < -0.4 is 5.32 Å². The highest BCUT2D eigenvalue weighted by Gasteiger charge is 2.24. The van der Waals surface area contributed by atoms with Crippen LogP contribution in [0.25, 0.3) is 10.9 Å². The molecule has 142 valence electrons. The van der Waals surface area contributed by atoms with Crippen molar-refractivity contribution in [2.75, 3.05) is 13.6 Å². The third-order valence-electron chi connectivity index (χ3n) is 4.62. The molecule has 2 heterocycles. The minimum Gasteiger partial charge on any atom is -0.361 e. The zero-order chi connectivity index (χ0) is 19.2. The maximum Gasteiger partial charge on any atom is 0.245 e. The number of benzene rings is 1. The van der Waals surface area contributed by atoms with Crippen molar-refractivity contribution in [3.05, 3.63) is 54.7 Å². The normalized spacial score (nSPS) is 12.1. The Bertz CT molecular complexity index is 900. The van der Waals surface area contributed by atoms with Gasteiger partial charge in [-0.15, -0.1) is 0 Å². The number of likely N-dealkylation sites (N-methyl/N-ethyl adjacent to an activating group) is 1. The number of aromatic nitrogens is 3. The molecule has 0 fully saturated rings.